The highest BCUT2D eigenvalue weighted by Crippen LogP contribution is 2.42. The van der Waals surface area contributed by atoms with Crippen LogP contribution in [0.4, 0.5) is 0 Å². The molecule has 0 aliphatic carbocycles. The zero-order valence-electron chi connectivity index (χ0n) is 42.8. The second-order valence-electron chi connectivity index (χ2n) is 20.8. The van der Waals surface area contributed by atoms with Crippen LogP contribution in [0, 0.1) is 0 Å². The minimum atomic E-state index is -0.744. The summed E-state index contributed by atoms with van der Waals surface area (Å²) in [5.41, 5.74) is 6.08. The van der Waals surface area contributed by atoms with Crippen molar-refractivity contribution in [1.82, 2.24) is 34.9 Å². The Morgan fingerprint density at radius 1 is 0.514 bits per heavy atom. The highest BCUT2D eigenvalue weighted by molar-refractivity contribution is 7.15. The number of nitrogens with zero attached hydrogens (tertiary/aromatic N) is 6. The molecule has 74 heavy (non-hydrogen) atoms. The topological polar surface area (TPSA) is 119 Å². The van der Waals surface area contributed by atoms with Gasteiger partial charge in [-0.3, -0.25) is 19.2 Å². The summed E-state index contributed by atoms with van der Waals surface area (Å²) in [5, 5.41) is 4.99. The molecule has 13 heteroatoms. The summed E-state index contributed by atoms with van der Waals surface area (Å²) in [6, 6.07) is 35.7. The van der Waals surface area contributed by atoms with Crippen LogP contribution in [0.3, 0.4) is 0 Å². The van der Waals surface area contributed by atoms with E-state index in [9.17, 15) is 19.2 Å². The van der Waals surface area contributed by atoms with Crippen LogP contribution in [0.2, 0.25) is 0 Å². The second-order valence-corrected chi connectivity index (χ2v) is 22.9. The van der Waals surface area contributed by atoms with Gasteiger partial charge in [0.15, 0.2) is 0 Å². The van der Waals surface area contributed by atoms with Crippen LogP contribution >= 0.6 is 22.7 Å². The van der Waals surface area contributed by atoms with E-state index in [4.69, 9.17) is 9.97 Å². The minimum absolute atomic E-state index is 0.0301. The van der Waals surface area contributed by atoms with Gasteiger partial charge in [0.25, 0.3) is 0 Å². The third-order valence-corrected chi connectivity index (χ3v) is 18.0. The van der Waals surface area contributed by atoms with Crippen LogP contribution in [0.1, 0.15) is 141 Å². The smallest absolute Gasteiger partial charge is 0.250 e. The number of aromatic nitrogens is 2. The average Bonchev–Trinajstić information content (AvgIpc) is 4.31. The van der Waals surface area contributed by atoms with E-state index < -0.39 is 12.0 Å². The molecule has 0 bridgehead atoms. The number of likely N-dealkylation sites (tertiary alicyclic amines) is 4. The molecule has 6 heterocycles. The van der Waals surface area contributed by atoms with Crippen LogP contribution in [-0.2, 0) is 19.2 Å². The standard InChI is InChI=1S/C61H71N7O4S2/c69-50(21-13-37-65-33-9-3-10-34-65)41-51(46-17-5-1-6-18-46)60(71)67-39-14-22-52(67)58-62-42-54(73-58)47-29-25-44(26-30-47)45-27-31-48(32-28-45)55-43-63-59(74-55)53-23-15-40-68(53)61(72)57(49-19-7-2-8-20-49)64-56(70)24-16-38-66-35-11-4-12-36-66/h1-2,5-8,17-20,25-32,42-43,51-53,57H,3-4,9-16,21-24,33-41H2,(H,64,70)/t51-,52+,53+,57-/m1/s1. The number of thiazole rings is 2. The van der Waals surface area contributed by atoms with Gasteiger partial charge in [-0.1, -0.05) is 122 Å². The molecule has 0 unspecified atom stereocenters. The predicted octanol–water partition coefficient (Wildman–Crippen LogP) is 12.1. The van der Waals surface area contributed by atoms with E-state index in [0.29, 0.717) is 25.9 Å². The first-order valence-electron chi connectivity index (χ1n) is 27.4. The summed E-state index contributed by atoms with van der Waals surface area (Å²) >= 11 is 3.29. The molecule has 6 aromatic rings. The van der Waals surface area contributed by atoms with Gasteiger partial charge in [0, 0.05) is 44.7 Å². The number of ketones is 1. The number of piperidine rings is 2. The van der Waals surface area contributed by atoms with Gasteiger partial charge in [-0.25, -0.2) is 9.97 Å². The molecule has 0 radical (unpaired) electrons. The Balaban J connectivity index is 0.755. The Morgan fingerprint density at radius 3 is 1.49 bits per heavy atom. The van der Waals surface area contributed by atoms with E-state index in [-0.39, 0.29) is 42.0 Å². The van der Waals surface area contributed by atoms with Crippen molar-refractivity contribution in [3.8, 4) is 32.0 Å². The van der Waals surface area contributed by atoms with Crippen molar-refractivity contribution in [3.05, 3.63) is 143 Å². The Labute approximate surface area is 445 Å². The monoisotopic (exact) mass is 1030 g/mol. The van der Waals surface area contributed by atoms with Crippen LogP contribution in [0.15, 0.2) is 122 Å². The van der Waals surface area contributed by atoms with Crippen LogP contribution in [0.5, 0.6) is 0 Å². The van der Waals surface area contributed by atoms with Crippen LogP contribution in [-0.4, -0.2) is 105 Å². The lowest BCUT2D eigenvalue weighted by Gasteiger charge is -2.29. The number of hydrogen-bond acceptors (Lipinski definition) is 10. The molecule has 4 aromatic carbocycles. The molecule has 4 fully saturated rings. The van der Waals surface area contributed by atoms with Gasteiger partial charge >= 0.3 is 0 Å². The lowest BCUT2D eigenvalue weighted by Crippen LogP contribution is -2.42. The first-order chi connectivity index (χ1) is 36.3. The number of Topliss-reactive ketones (excluding diaryl/α,β-unsaturated/α-hetero) is 1. The fourth-order valence-electron chi connectivity index (χ4n) is 11.6. The minimum Gasteiger partial charge on any atom is -0.341 e. The number of carbonyl (C=O) groups is 4. The van der Waals surface area contributed by atoms with Gasteiger partial charge in [0.1, 0.15) is 21.8 Å². The summed E-state index contributed by atoms with van der Waals surface area (Å²) in [5.74, 6) is -0.464. The first kappa shape index (κ1) is 51.6. The van der Waals surface area contributed by atoms with Gasteiger partial charge in [-0.15, -0.1) is 22.7 Å². The number of amides is 3. The predicted molar refractivity (Wildman–Crippen MR) is 297 cm³/mol. The molecule has 11 nitrogen and oxygen atoms in total. The zero-order chi connectivity index (χ0) is 50.6. The normalized spacial score (nSPS) is 19.4. The molecule has 0 spiro atoms. The van der Waals surface area contributed by atoms with Crippen molar-refractivity contribution in [2.45, 2.75) is 120 Å². The van der Waals surface area contributed by atoms with Crippen molar-refractivity contribution < 1.29 is 19.2 Å². The summed E-state index contributed by atoms with van der Waals surface area (Å²) in [7, 11) is 0. The molecule has 10 rings (SSSR count). The highest BCUT2D eigenvalue weighted by Gasteiger charge is 2.38. The van der Waals surface area contributed by atoms with Gasteiger partial charge in [-0.2, -0.15) is 0 Å². The maximum absolute atomic E-state index is 14.5. The Hall–Kier alpha value is -5.86. The number of rotatable bonds is 20. The van der Waals surface area contributed by atoms with Gasteiger partial charge in [-0.05, 0) is 137 Å². The molecule has 4 aliphatic heterocycles. The van der Waals surface area contributed by atoms with Gasteiger partial charge < -0.3 is 24.9 Å². The van der Waals surface area contributed by atoms with Crippen LogP contribution < -0.4 is 5.32 Å². The van der Waals surface area contributed by atoms with Gasteiger partial charge in [0.05, 0.1) is 27.8 Å². The SMILES string of the molecule is O=C(CCCN1CCCCC1)C[C@@H](C(=O)N1CCC[C@H]1c1ncc(-c2ccc(-c3ccc(-c4cnc([C@@H]5CCCN5C(=O)[C@H](NC(=O)CCCN5CCCCC5)c5ccccc5)s4)cc3)cc2)s1)c1ccccc1. The number of hydrogen-bond donors (Lipinski definition) is 1. The fourth-order valence-corrected chi connectivity index (χ4v) is 13.7. The van der Waals surface area contributed by atoms with E-state index >= 15 is 0 Å². The van der Waals surface area contributed by atoms with Crippen molar-refractivity contribution in [2.24, 2.45) is 0 Å². The fraction of sp³-hybridized carbons (Fsp3) is 0.443. The Bertz CT molecular complexity index is 2600. The summed E-state index contributed by atoms with van der Waals surface area (Å²) < 4.78 is 0. The molecule has 0 saturated carbocycles. The van der Waals surface area contributed by atoms with Gasteiger partial charge in [0.2, 0.25) is 17.7 Å². The lowest BCUT2D eigenvalue weighted by atomic mass is 9.90. The van der Waals surface area contributed by atoms with Crippen molar-refractivity contribution in [2.75, 3.05) is 52.4 Å². The molecular formula is C61H71N7O4S2. The molecule has 3 amide bonds. The maximum atomic E-state index is 14.5. The van der Waals surface area contributed by atoms with Crippen molar-refractivity contribution in [1.29, 1.82) is 0 Å². The van der Waals surface area contributed by atoms with E-state index in [1.807, 2.05) is 82.9 Å². The first-order valence-corrected chi connectivity index (χ1v) is 29.1. The van der Waals surface area contributed by atoms with E-state index in [1.54, 1.807) is 22.7 Å². The number of benzene rings is 4. The summed E-state index contributed by atoms with van der Waals surface area (Å²) in [4.78, 5) is 76.5. The third kappa shape index (κ3) is 12.8. The second kappa shape index (κ2) is 25.1. The average molecular weight is 1030 g/mol. The lowest BCUT2D eigenvalue weighted by molar-refractivity contribution is -0.137. The van der Waals surface area contributed by atoms with Crippen LogP contribution in [0.25, 0.3) is 32.0 Å². The third-order valence-electron chi connectivity index (χ3n) is 15.7. The molecule has 2 aromatic heterocycles. The van der Waals surface area contributed by atoms with E-state index in [1.165, 1.54) is 38.5 Å². The molecule has 386 valence electrons. The van der Waals surface area contributed by atoms with E-state index in [2.05, 4.69) is 63.6 Å². The molecule has 1 N–H and O–H groups in total. The Morgan fingerprint density at radius 2 is 0.973 bits per heavy atom. The largest absolute Gasteiger partial charge is 0.341 e. The van der Waals surface area contributed by atoms with Crippen molar-refractivity contribution in [3.63, 3.8) is 0 Å². The summed E-state index contributed by atoms with van der Waals surface area (Å²) in [6.07, 6.45) is 17.6. The van der Waals surface area contributed by atoms with E-state index in [0.717, 1.165) is 131 Å². The zero-order valence-corrected chi connectivity index (χ0v) is 44.4. The summed E-state index contributed by atoms with van der Waals surface area (Å²) in [6.45, 7) is 7.63. The van der Waals surface area contributed by atoms with Crippen molar-refractivity contribution >= 4 is 46.2 Å². The number of nitrogens with one attached hydrogen (secondary N) is 1. The molecular weight excluding hydrogens is 959 g/mol. The molecule has 4 saturated heterocycles. The Kier molecular flexibility index (Phi) is 17.5. The highest BCUT2D eigenvalue weighted by atomic mass is 32.1. The quantitative estimate of drug-likeness (QED) is 0.0803. The molecule has 4 atom stereocenters. The maximum Gasteiger partial charge on any atom is 0.250 e. The molecule has 4 aliphatic rings. The number of carbonyl (C=O) groups excluding carboxylic acids is 4.